The zero-order valence-electron chi connectivity index (χ0n) is 26.2. The average Bonchev–Trinajstić information content (AvgIpc) is 3.20. The molecular weight excluding hydrogens is 797 g/mol. The molecule has 284 valence electrons. The van der Waals surface area contributed by atoms with Gasteiger partial charge in [0, 0.05) is 0 Å². The highest BCUT2D eigenvalue weighted by Gasteiger charge is 2.33. The topological polar surface area (TPSA) is 27.7 Å². The van der Waals surface area contributed by atoms with Crippen LogP contribution >= 0.6 is 0 Å². The fourth-order valence-corrected chi connectivity index (χ4v) is 6.76. The molecule has 0 bridgehead atoms. The zero-order valence-corrected chi connectivity index (χ0v) is 27.0. The Hall–Kier alpha value is -5.98. The summed E-state index contributed by atoms with van der Waals surface area (Å²) in [6, 6.07) is 14.0. The van der Waals surface area contributed by atoms with Crippen LogP contribution in [0.3, 0.4) is 0 Å². The van der Waals surface area contributed by atoms with E-state index in [9.17, 15) is 65.9 Å². The van der Waals surface area contributed by atoms with Gasteiger partial charge in [-0.2, -0.15) is 26.3 Å². The Morgan fingerprint density at radius 1 is 0.236 bits per heavy atom. The molecule has 0 saturated heterocycles. The lowest BCUT2D eigenvalue weighted by Gasteiger charge is -2.13. The SMILES string of the molecule is Fc1c(F)c(F)c(Oc2ccc([S+](c3ccc(Oc4c(F)c(F)c(F)c(F)c4F)cc3)c3ccc(Oc4c(F)c(F)c(F)c(F)c4F)cc3)cc2)c(F)c1F. The van der Waals surface area contributed by atoms with Crippen molar-refractivity contribution in [2.24, 2.45) is 0 Å². The molecule has 6 rings (SSSR count). The maximum absolute atomic E-state index is 14.2. The van der Waals surface area contributed by atoms with E-state index in [0.29, 0.717) is 0 Å². The van der Waals surface area contributed by atoms with Crippen LogP contribution in [0.25, 0.3) is 0 Å². The Morgan fingerprint density at radius 2 is 0.400 bits per heavy atom. The first-order chi connectivity index (χ1) is 26.0. The second-order valence-corrected chi connectivity index (χ2v) is 12.8. The van der Waals surface area contributed by atoms with Crippen molar-refractivity contribution in [2.45, 2.75) is 14.7 Å². The van der Waals surface area contributed by atoms with Crippen LogP contribution in [0, 0.1) is 87.3 Å². The Kier molecular flexibility index (Phi) is 10.6. The molecule has 19 heteroatoms. The molecule has 0 heterocycles. The molecule has 6 aromatic rings. The van der Waals surface area contributed by atoms with E-state index in [-0.39, 0.29) is 14.7 Å². The molecule has 0 fully saturated rings. The van der Waals surface area contributed by atoms with Gasteiger partial charge in [-0.3, -0.25) is 0 Å². The highest BCUT2D eigenvalue weighted by molar-refractivity contribution is 7.97. The van der Waals surface area contributed by atoms with Gasteiger partial charge in [-0.05, 0) is 72.8 Å². The minimum absolute atomic E-state index is 0.284. The third kappa shape index (κ3) is 7.06. The molecule has 0 atom stereocenters. The molecule has 0 aromatic heterocycles. The standard InChI is InChI=1S/C36H12F15O3S/c37-19-22(40)28(46)34(29(47)23(19)41)52-13-1-7-16(8-2-13)55(17-9-3-14(4-10-17)53-35-30(48)24(42)20(38)25(43)31(35)49)18-11-5-15(6-12-18)54-36-32(50)26(44)21(39)27(45)33(36)51/h1-12H/q+1. The van der Waals surface area contributed by atoms with Crippen LogP contribution in [0.2, 0.25) is 0 Å². The molecule has 0 aliphatic carbocycles. The van der Waals surface area contributed by atoms with Crippen molar-refractivity contribution in [3.05, 3.63) is 160 Å². The third-order valence-electron chi connectivity index (χ3n) is 7.35. The summed E-state index contributed by atoms with van der Waals surface area (Å²) in [6.45, 7) is 0. The van der Waals surface area contributed by atoms with E-state index >= 15 is 0 Å². The lowest BCUT2D eigenvalue weighted by atomic mass is 10.2. The third-order valence-corrected chi connectivity index (χ3v) is 9.58. The smallest absolute Gasteiger partial charge is 0.207 e. The van der Waals surface area contributed by atoms with Crippen LogP contribution in [0.15, 0.2) is 87.5 Å². The lowest BCUT2D eigenvalue weighted by molar-refractivity contribution is 0.332. The fourth-order valence-electron chi connectivity index (χ4n) is 4.72. The van der Waals surface area contributed by atoms with Gasteiger partial charge in [0.2, 0.25) is 105 Å². The molecule has 0 aliphatic rings. The molecule has 0 N–H and O–H groups in total. The first-order valence-corrected chi connectivity index (χ1v) is 15.9. The summed E-state index contributed by atoms with van der Waals surface area (Å²) in [6.07, 6.45) is 0. The van der Waals surface area contributed by atoms with E-state index in [4.69, 9.17) is 14.2 Å². The van der Waals surface area contributed by atoms with Gasteiger partial charge in [-0.1, -0.05) is 0 Å². The second kappa shape index (κ2) is 15.0. The van der Waals surface area contributed by atoms with Crippen molar-refractivity contribution in [3.8, 4) is 34.5 Å². The van der Waals surface area contributed by atoms with Crippen LogP contribution < -0.4 is 14.2 Å². The van der Waals surface area contributed by atoms with Crippen molar-refractivity contribution in [1.82, 2.24) is 0 Å². The lowest BCUT2D eigenvalue weighted by Crippen LogP contribution is -2.07. The van der Waals surface area contributed by atoms with Crippen molar-refractivity contribution in [3.63, 3.8) is 0 Å². The normalized spacial score (nSPS) is 11.3. The average molecular weight is 810 g/mol. The minimum Gasteiger partial charge on any atom is -0.451 e. The van der Waals surface area contributed by atoms with Crippen LogP contribution in [-0.4, -0.2) is 0 Å². The van der Waals surface area contributed by atoms with E-state index in [1.807, 2.05) is 0 Å². The van der Waals surface area contributed by atoms with Crippen molar-refractivity contribution in [2.75, 3.05) is 0 Å². The maximum atomic E-state index is 14.2. The first kappa shape index (κ1) is 38.7. The maximum Gasteiger partial charge on any atom is 0.207 e. The van der Waals surface area contributed by atoms with E-state index in [1.165, 1.54) is 36.4 Å². The predicted octanol–water partition coefficient (Wildman–Crippen LogP) is 12.2. The quantitative estimate of drug-likeness (QED) is 0.0630. The summed E-state index contributed by atoms with van der Waals surface area (Å²) in [5, 5.41) is 0. The van der Waals surface area contributed by atoms with Crippen LogP contribution in [0.5, 0.6) is 34.5 Å². The summed E-state index contributed by atoms with van der Waals surface area (Å²) in [4.78, 5) is 0.852. The summed E-state index contributed by atoms with van der Waals surface area (Å²) >= 11 is 0. The van der Waals surface area contributed by atoms with E-state index < -0.39 is 133 Å². The Balaban J connectivity index is 1.36. The summed E-state index contributed by atoms with van der Waals surface area (Å²) in [5.41, 5.74) is 0. The molecule has 0 spiro atoms. The highest BCUT2D eigenvalue weighted by atomic mass is 32.2. The van der Waals surface area contributed by atoms with Gasteiger partial charge in [-0.25, -0.2) is 39.5 Å². The fraction of sp³-hybridized carbons (Fsp3) is 0. The Bertz CT molecular complexity index is 2100. The second-order valence-electron chi connectivity index (χ2n) is 10.7. The Morgan fingerprint density at radius 3 is 0.582 bits per heavy atom. The molecule has 0 saturated carbocycles. The summed E-state index contributed by atoms with van der Waals surface area (Å²) in [7, 11) is -1.36. The van der Waals surface area contributed by atoms with Gasteiger partial charge in [0.05, 0.1) is 10.9 Å². The van der Waals surface area contributed by atoms with Crippen LogP contribution in [-0.2, 0) is 10.9 Å². The van der Waals surface area contributed by atoms with E-state index in [2.05, 4.69) is 0 Å². The largest absolute Gasteiger partial charge is 0.451 e. The van der Waals surface area contributed by atoms with E-state index in [1.54, 1.807) is 0 Å². The number of benzene rings is 6. The number of halogens is 15. The first-order valence-electron chi connectivity index (χ1n) is 14.6. The van der Waals surface area contributed by atoms with E-state index in [0.717, 1.165) is 36.4 Å². The predicted molar refractivity (Wildman–Crippen MR) is 160 cm³/mol. The number of hydrogen-bond donors (Lipinski definition) is 0. The van der Waals surface area contributed by atoms with Crippen LogP contribution in [0.1, 0.15) is 0 Å². The van der Waals surface area contributed by atoms with Gasteiger partial charge in [-0.15, -0.1) is 0 Å². The van der Waals surface area contributed by atoms with Gasteiger partial charge in [0.1, 0.15) is 17.2 Å². The number of hydrogen-bond acceptors (Lipinski definition) is 3. The molecule has 0 unspecified atom stereocenters. The molecule has 6 aromatic carbocycles. The molecular formula is C36H12F15O3S+. The van der Waals surface area contributed by atoms with Crippen molar-refractivity contribution in [1.29, 1.82) is 0 Å². The Labute approximate surface area is 300 Å². The molecule has 3 nitrogen and oxygen atoms in total. The monoisotopic (exact) mass is 809 g/mol. The number of rotatable bonds is 9. The van der Waals surface area contributed by atoms with Gasteiger partial charge in [0.15, 0.2) is 14.7 Å². The van der Waals surface area contributed by atoms with Crippen molar-refractivity contribution >= 4 is 10.9 Å². The van der Waals surface area contributed by atoms with Gasteiger partial charge < -0.3 is 14.2 Å². The minimum atomic E-state index is -2.42. The van der Waals surface area contributed by atoms with Gasteiger partial charge >= 0.3 is 0 Å². The van der Waals surface area contributed by atoms with Gasteiger partial charge in [0.25, 0.3) is 0 Å². The summed E-state index contributed by atoms with van der Waals surface area (Å²) < 4.78 is 223. The molecule has 0 amide bonds. The molecule has 55 heavy (non-hydrogen) atoms. The summed E-state index contributed by atoms with van der Waals surface area (Å²) in [5.74, 6) is -40.6. The zero-order chi connectivity index (χ0) is 40.0. The molecule has 0 radical (unpaired) electrons. The van der Waals surface area contributed by atoms with Crippen LogP contribution in [0.4, 0.5) is 65.9 Å². The van der Waals surface area contributed by atoms with Crippen molar-refractivity contribution < 1.29 is 80.1 Å². The number of ether oxygens (including phenoxy) is 3. The highest BCUT2D eigenvalue weighted by Crippen LogP contribution is 2.39. The molecule has 0 aliphatic heterocycles.